The highest BCUT2D eigenvalue weighted by Crippen LogP contribution is 2.37. The molecule has 1 N–H and O–H groups in total. The second kappa shape index (κ2) is 10.5. The number of hydrogen-bond acceptors (Lipinski definition) is 6. The van der Waals surface area contributed by atoms with Crippen molar-refractivity contribution < 1.29 is 18.7 Å². The average molecular weight is 504 g/mol. The summed E-state index contributed by atoms with van der Waals surface area (Å²) in [5.41, 5.74) is 2.26. The monoisotopic (exact) mass is 503 g/mol. The van der Waals surface area contributed by atoms with Gasteiger partial charge in [-0.05, 0) is 76.1 Å². The summed E-state index contributed by atoms with van der Waals surface area (Å²) in [6.45, 7) is 9.46. The predicted octanol–water partition coefficient (Wildman–Crippen LogP) is 4.73. The smallest absolute Gasteiger partial charge is 0.251 e. The van der Waals surface area contributed by atoms with E-state index >= 15 is 0 Å². The first-order chi connectivity index (χ1) is 17.6. The van der Waals surface area contributed by atoms with Crippen molar-refractivity contribution in [2.75, 3.05) is 12.0 Å². The lowest BCUT2D eigenvalue weighted by Crippen LogP contribution is -2.51. The Hall–Kier alpha value is -4.14. The highest BCUT2D eigenvalue weighted by atomic mass is 16.5. The Kier molecular flexibility index (Phi) is 7.33. The molecule has 0 fully saturated rings. The molecule has 0 aliphatic heterocycles. The first kappa shape index (κ1) is 25.9. The number of hydrogen-bond donors (Lipinski definition) is 1. The van der Waals surface area contributed by atoms with Gasteiger partial charge in [0.15, 0.2) is 6.04 Å². The van der Waals surface area contributed by atoms with Crippen molar-refractivity contribution in [1.82, 2.24) is 20.3 Å². The van der Waals surface area contributed by atoms with Crippen LogP contribution in [0.15, 0.2) is 59.0 Å². The fourth-order valence-electron chi connectivity index (χ4n) is 4.11. The van der Waals surface area contributed by atoms with Gasteiger partial charge in [-0.15, -0.1) is 5.10 Å². The number of carbonyl (C=O) groups is 2. The number of rotatable bonds is 9. The second-order valence-corrected chi connectivity index (χ2v) is 9.75. The quantitative estimate of drug-likeness (QED) is 0.354. The summed E-state index contributed by atoms with van der Waals surface area (Å²) in [4.78, 5) is 29.5. The molecule has 9 heteroatoms. The Morgan fingerprint density at radius 2 is 1.89 bits per heavy atom. The number of carbonyl (C=O) groups excluding carboxylic acids is 2. The number of nitrogens with zero attached hydrogens (tertiary/aromatic N) is 4. The SMILES string of the molecule is CCC(C)(C)NC(=O)[C@H](c1ccc(C)o1)N(C(=O)Cn1nnc2ccccc21)c1cc(C)ccc1OC. The largest absolute Gasteiger partial charge is 0.495 e. The van der Waals surface area contributed by atoms with Gasteiger partial charge in [-0.3, -0.25) is 14.5 Å². The number of fused-ring (bicyclic) bond motifs is 1. The summed E-state index contributed by atoms with van der Waals surface area (Å²) in [5.74, 6) is 0.707. The molecule has 4 rings (SSSR count). The molecule has 1 atom stereocenters. The molecule has 0 spiro atoms. The van der Waals surface area contributed by atoms with E-state index in [0.29, 0.717) is 40.4 Å². The molecule has 0 saturated heterocycles. The van der Waals surface area contributed by atoms with Crippen molar-refractivity contribution >= 4 is 28.5 Å². The van der Waals surface area contributed by atoms with Crippen LogP contribution in [-0.4, -0.2) is 39.5 Å². The van der Waals surface area contributed by atoms with Crippen LogP contribution in [-0.2, 0) is 16.1 Å². The number of amides is 2. The van der Waals surface area contributed by atoms with E-state index in [9.17, 15) is 9.59 Å². The topological polar surface area (TPSA) is 102 Å². The Labute approximate surface area is 216 Å². The minimum Gasteiger partial charge on any atom is -0.495 e. The molecule has 0 radical (unpaired) electrons. The molecule has 2 heterocycles. The minimum atomic E-state index is -1.09. The zero-order valence-electron chi connectivity index (χ0n) is 22.1. The van der Waals surface area contributed by atoms with E-state index in [1.54, 1.807) is 25.1 Å². The summed E-state index contributed by atoms with van der Waals surface area (Å²) < 4.78 is 13.1. The number of nitrogens with one attached hydrogen (secondary N) is 1. The van der Waals surface area contributed by atoms with E-state index in [0.717, 1.165) is 5.56 Å². The number of methoxy groups -OCH3 is 1. The molecule has 0 aliphatic rings. The summed E-state index contributed by atoms with van der Waals surface area (Å²) in [5, 5.41) is 11.5. The van der Waals surface area contributed by atoms with Crippen molar-refractivity contribution in [2.45, 2.75) is 59.2 Å². The third-order valence-corrected chi connectivity index (χ3v) is 6.45. The maximum Gasteiger partial charge on any atom is 0.251 e. The van der Waals surface area contributed by atoms with Crippen LogP contribution in [0.5, 0.6) is 5.75 Å². The number of aromatic nitrogens is 3. The van der Waals surface area contributed by atoms with Crippen LogP contribution in [0.4, 0.5) is 5.69 Å². The standard InChI is InChI=1S/C28H33N5O4/c1-7-28(4,5)29-27(35)26(24-15-13-19(3)37-24)33(22-16-18(2)12-14-23(22)36-6)25(34)17-32-21-11-9-8-10-20(21)30-31-32/h8-16,26H,7,17H2,1-6H3,(H,29,35)/t26-/m0/s1. The van der Waals surface area contributed by atoms with Gasteiger partial charge >= 0.3 is 0 Å². The van der Waals surface area contributed by atoms with Crippen LogP contribution in [0.3, 0.4) is 0 Å². The zero-order valence-corrected chi connectivity index (χ0v) is 22.1. The van der Waals surface area contributed by atoms with E-state index < -0.39 is 11.6 Å². The highest BCUT2D eigenvalue weighted by molar-refractivity contribution is 6.02. The van der Waals surface area contributed by atoms with E-state index in [1.807, 2.05) is 64.1 Å². The molecule has 0 saturated carbocycles. The van der Waals surface area contributed by atoms with Crippen molar-refractivity contribution in [3.05, 3.63) is 71.7 Å². The lowest BCUT2D eigenvalue weighted by atomic mass is 10.00. The first-order valence-corrected chi connectivity index (χ1v) is 12.3. The maximum atomic E-state index is 14.2. The van der Waals surface area contributed by atoms with E-state index in [4.69, 9.17) is 9.15 Å². The fraction of sp³-hybridized carbons (Fsp3) is 0.357. The van der Waals surface area contributed by atoms with Crippen molar-refractivity contribution in [2.24, 2.45) is 0 Å². The van der Waals surface area contributed by atoms with Gasteiger partial charge in [0, 0.05) is 5.54 Å². The Morgan fingerprint density at radius 3 is 2.57 bits per heavy atom. The highest BCUT2D eigenvalue weighted by Gasteiger charge is 2.38. The summed E-state index contributed by atoms with van der Waals surface area (Å²) in [6.07, 6.45) is 0.704. The molecule has 4 aromatic rings. The summed E-state index contributed by atoms with van der Waals surface area (Å²) in [6, 6.07) is 15.3. The van der Waals surface area contributed by atoms with Crippen LogP contribution in [0.1, 0.15) is 50.3 Å². The van der Waals surface area contributed by atoms with Gasteiger partial charge in [0.25, 0.3) is 5.91 Å². The maximum absolute atomic E-state index is 14.2. The number of benzene rings is 2. The Morgan fingerprint density at radius 1 is 1.14 bits per heavy atom. The van der Waals surface area contributed by atoms with E-state index in [-0.39, 0.29) is 18.4 Å². The molecule has 2 aromatic carbocycles. The third-order valence-electron chi connectivity index (χ3n) is 6.45. The van der Waals surface area contributed by atoms with Gasteiger partial charge in [0.1, 0.15) is 29.3 Å². The molecule has 2 amide bonds. The van der Waals surface area contributed by atoms with Crippen molar-refractivity contribution in [1.29, 1.82) is 0 Å². The van der Waals surface area contributed by atoms with Gasteiger partial charge in [0.2, 0.25) is 5.91 Å². The van der Waals surface area contributed by atoms with Crippen LogP contribution < -0.4 is 15.0 Å². The fourth-order valence-corrected chi connectivity index (χ4v) is 4.11. The number of para-hydroxylation sites is 1. The van der Waals surface area contributed by atoms with Gasteiger partial charge < -0.3 is 14.5 Å². The molecule has 37 heavy (non-hydrogen) atoms. The Bertz CT molecular complexity index is 1420. The van der Waals surface area contributed by atoms with Gasteiger partial charge in [-0.1, -0.05) is 30.3 Å². The molecule has 0 unspecified atom stereocenters. The van der Waals surface area contributed by atoms with Gasteiger partial charge in [-0.25, -0.2) is 4.68 Å². The number of aryl methyl sites for hydroxylation is 2. The van der Waals surface area contributed by atoms with Gasteiger partial charge in [-0.2, -0.15) is 0 Å². The van der Waals surface area contributed by atoms with Crippen LogP contribution >= 0.6 is 0 Å². The molecule has 2 aromatic heterocycles. The van der Waals surface area contributed by atoms with E-state index in [1.165, 1.54) is 16.7 Å². The second-order valence-electron chi connectivity index (χ2n) is 9.75. The van der Waals surface area contributed by atoms with E-state index in [2.05, 4.69) is 15.6 Å². The number of ether oxygens (including phenoxy) is 1. The van der Waals surface area contributed by atoms with Crippen molar-refractivity contribution in [3.63, 3.8) is 0 Å². The Balaban J connectivity index is 1.87. The molecule has 9 nitrogen and oxygen atoms in total. The molecule has 0 bridgehead atoms. The minimum absolute atomic E-state index is 0.141. The number of furan rings is 1. The van der Waals surface area contributed by atoms with Crippen LogP contribution in [0.25, 0.3) is 11.0 Å². The van der Waals surface area contributed by atoms with Crippen molar-refractivity contribution in [3.8, 4) is 5.75 Å². The average Bonchev–Trinajstić information content (AvgIpc) is 3.48. The van der Waals surface area contributed by atoms with Crippen LogP contribution in [0, 0.1) is 13.8 Å². The first-order valence-electron chi connectivity index (χ1n) is 12.3. The number of anilines is 1. The molecular weight excluding hydrogens is 470 g/mol. The molecular formula is C28H33N5O4. The van der Waals surface area contributed by atoms with Crippen LogP contribution in [0.2, 0.25) is 0 Å². The lowest BCUT2D eigenvalue weighted by Gasteiger charge is -2.34. The predicted molar refractivity (Wildman–Crippen MR) is 141 cm³/mol. The third kappa shape index (κ3) is 5.50. The zero-order chi connectivity index (χ0) is 26.7. The normalized spacial score (nSPS) is 12.4. The molecule has 0 aliphatic carbocycles. The van der Waals surface area contributed by atoms with Gasteiger partial charge in [0.05, 0.1) is 18.3 Å². The lowest BCUT2D eigenvalue weighted by molar-refractivity contribution is -0.128. The molecule has 194 valence electrons. The summed E-state index contributed by atoms with van der Waals surface area (Å²) in [7, 11) is 1.54. The summed E-state index contributed by atoms with van der Waals surface area (Å²) >= 11 is 0.